The van der Waals surface area contributed by atoms with Gasteiger partial charge in [-0.25, -0.2) is 14.3 Å². The van der Waals surface area contributed by atoms with E-state index in [1.807, 2.05) is 0 Å². The van der Waals surface area contributed by atoms with Crippen LogP contribution in [0.4, 0.5) is 0 Å². The van der Waals surface area contributed by atoms with Gasteiger partial charge in [0.2, 0.25) is 0 Å². The zero-order chi connectivity index (χ0) is 21.1. The molecule has 156 valence electrons. The van der Waals surface area contributed by atoms with E-state index in [0.717, 1.165) is 0 Å². The van der Waals surface area contributed by atoms with Crippen LogP contribution >= 0.6 is 19.4 Å². The molecule has 0 unspecified atom stereocenters. The molecule has 4 atom stereocenters. The summed E-state index contributed by atoms with van der Waals surface area (Å²) < 4.78 is 22.1. The highest BCUT2D eigenvalue weighted by Crippen LogP contribution is 2.42. The Hall–Kier alpha value is -1.89. The first-order valence-corrected chi connectivity index (χ1v) is 10.2. The molecule has 1 aliphatic rings. The topological polar surface area (TPSA) is 180 Å². The second-order valence-corrected chi connectivity index (χ2v) is 8.52. The third-order valence-corrected chi connectivity index (χ3v) is 5.61. The number of ether oxygens (including phenoxy) is 1. The molecule has 1 fully saturated rings. The van der Waals surface area contributed by atoms with Crippen LogP contribution in [-0.4, -0.2) is 64.4 Å². The molecule has 3 heterocycles. The highest BCUT2D eigenvalue weighted by Gasteiger charge is 2.53. The maximum Gasteiger partial charge on any atom is 0.469 e. The first-order valence-electron chi connectivity index (χ1n) is 8.30. The summed E-state index contributed by atoms with van der Waals surface area (Å²) in [6.07, 6.45) is -1.29. The maximum atomic E-state index is 12.1. The van der Waals surface area contributed by atoms with E-state index in [0.29, 0.717) is 10.8 Å². The van der Waals surface area contributed by atoms with Crippen LogP contribution in [0.3, 0.4) is 0 Å². The van der Waals surface area contributed by atoms with Crippen molar-refractivity contribution in [3.05, 3.63) is 33.8 Å². The van der Waals surface area contributed by atoms with E-state index in [1.54, 1.807) is 0 Å². The first-order chi connectivity index (χ1) is 13.5. The van der Waals surface area contributed by atoms with Crippen molar-refractivity contribution in [3.63, 3.8) is 0 Å². The summed E-state index contributed by atoms with van der Waals surface area (Å²) in [5.74, 6) is 0. The van der Waals surface area contributed by atoms with Gasteiger partial charge in [0, 0.05) is 17.0 Å². The number of aromatic amines is 1. The molecule has 1 aromatic carbocycles. The van der Waals surface area contributed by atoms with E-state index in [2.05, 4.69) is 19.8 Å². The molecule has 14 heteroatoms. The van der Waals surface area contributed by atoms with E-state index < -0.39 is 44.0 Å². The summed E-state index contributed by atoms with van der Waals surface area (Å²) in [5.41, 5.74) is -2.07. The van der Waals surface area contributed by atoms with Crippen molar-refractivity contribution in [2.75, 3.05) is 6.61 Å². The quantitative estimate of drug-likeness (QED) is 0.343. The van der Waals surface area contributed by atoms with Gasteiger partial charge in [-0.2, -0.15) is 10.2 Å². The number of phosphoric acid groups is 1. The second-order valence-electron chi connectivity index (χ2n) is 6.87. The van der Waals surface area contributed by atoms with Crippen LogP contribution in [0.2, 0.25) is 5.02 Å². The molecule has 29 heavy (non-hydrogen) atoms. The van der Waals surface area contributed by atoms with Gasteiger partial charge in [0.25, 0.3) is 5.56 Å². The zero-order valence-corrected chi connectivity index (χ0v) is 16.4. The summed E-state index contributed by atoms with van der Waals surface area (Å²) in [6.45, 7) is 0.628. The summed E-state index contributed by atoms with van der Waals surface area (Å²) in [6, 6.07) is 1.46. The number of phosphoric ester groups is 1. The molecule has 0 aliphatic carbocycles. The third-order valence-electron chi connectivity index (χ3n) is 4.81. The number of aliphatic hydroxyl groups is 2. The largest absolute Gasteiger partial charge is 0.469 e. The number of H-pyrrole nitrogens is 1. The number of nitrogens with zero attached hydrogens (tertiary/aromatic N) is 3. The average molecular weight is 447 g/mol. The number of nitrogens with one attached hydrogen (secondary N) is 1. The number of rotatable bonds is 4. The third kappa shape index (κ3) is 3.47. The lowest BCUT2D eigenvalue weighted by Crippen LogP contribution is -2.44. The second kappa shape index (κ2) is 6.83. The fraction of sp³-hybridized carbons (Fsp3) is 0.400. The van der Waals surface area contributed by atoms with Gasteiger partial charge in [0.1, 0.15) is 23.3 Å². The summed E-state index contributed by atoms with van der Waals surface area (Å²) in [5, 5.41) is 33.0. The van der Waals surface area contributed by atoms with Crippen molar-refractivity contribution in [3.8, 4) is 0 Å². The molecule has 0 amide bonds. The van der Waals surface area contributed by atoms with E-state index in [-0.39, 0.29) is 15.9 Å². The minimum absolute atomic E-state index is 0.262. The predicted molar refractivity (Wildman–Crippen MR) is 99.2 cm³/mol. The summed E-state index contributed by atoms with van der Waals surface area (Å²) in [7, 11) is -4.80. The molecule has 0 saturated carbocycles. The number of halogens is 1. The Morgan fingerprint density at radius 3 is 2.86 bits per heavy atom. The van der Waals surface area contributed by atoms with Gasteiger partial charge in [-0.3, -0.25) is 9.32 Å². The Morgan fingerprint density at radius 2 is 2.17 bits per heavy atom. The molecule has 2 aromatic heterocycles. The van der Waals surface area contributed by atoms with Crippen LogP contribution in [-0.2, 0) is 13.8 Å². The number of aliphatic hydroxyl groups excluding tert-OH is 1. The summed E-state index contributed by atoms with van der Waals surface area (Å²) in [4.78, 5) is 29.8. The normalized spacial score (nSPS) is 27.9. The van der Waals surface area contributed by atoms with Crippen LogP contribution in [0.1, 0.15) is 13.2 Å². The minimum Gasteiger partial charge on any atom is -0.387 e. The van der Waals surface area contributed by atoms with Gasteiger partial charge in [-0.15, -0.1) is 0 Å². The highest BCUT2D eigenvalue weighted by molar-refractivity contribution is 7.46. The van der Waals surface area contributed by atoms with E-state index >= 15 is 0 Å². The van der Waals surface area contributed by atoms with Crippen molar-refractivity contribution in [2.45, 2.75) is 31.0 Å². The van der Waals surface area contributed by atoms with Crippen molar-refractivity contribution in [1.29, 1.82) is 0 Å². The molecule has 4 rings (SSSR count). The van der Waals surface area contributed by atoms with E-state index in [4.69, 9.17) is 26.1 Å². The summed E-state index contributed by atoms with van der Waals surface area (Å²) >= 11 is 6.26. The lowest BCUT2D eigenvalue weighted by atomic mass is 9.97. The lowest BCUT2D eigenvalue weighted by Gasteiger charge is -2.27. The Morgan fingerprint density at radius 1 is 1.45 bits per heavy atom. The standard InChI is InChI=1S/C15H16ClN4O8P/c1-15(23)12(21)10(5-27-29(24,25)26)28-14(15)20-4-7-8(16)2-6-11(7)9(19-20)3-17-18-13(6)22/h2-4,10,12,14,21,23H,5H2,1H3,(H,18,22)(H2,24,25,26)/t10-,12-,14-,15-/m1/s1. The van der Waals surface area contributed by atoms with Crippen molar-refractivity contribution < 1.29 is 33.8 Å². The van der Waals surface area contributed by atoms with Crippen LogP contribution in [0.25, 0.3) is 21.7 Å². The zero-order valence-electron chi connectivity index (χ0n) is 14.8. The van der Waals surface area contributed by atoms with E-state index in [9.17, 15) is 19.6 Å². The molecule has 12 nitrogen and oxygen atoms in total. The fourth-order valence-corrected chi connectivity index (χ4v) is 4.01. The van der Waals surface area contributed by atoms with Crippen LogP contribution in [0, 0.1) is 0 Å². The van der Waals surface area contributed by atoms with Crippen LogP contribution < -0.4 is 5.56 Å². The number of aromatic nitrogens is 4. The smallest absolute Gasteiger partial charge is 0.387 e. The average Bonchev–Trinajstić information content (AvgIpc) is 3.01. The molecule has 1 aliphatic heterocycles. The van der Waals surface area contributed by atoms with Gasteiger partial charge in [-0.05, 0) is 13.0 Å². The molecule has 0 spiro atoms. The van der Waals surface area contributed by atoms with Crippen molar-refractivity contribution >= 4 is 41.1 Å². The highest BCUT2D eigenvalue weighted by atomic mass is 35.5. The van der Waals surface area contributed by atoms with Crippen LogP contribution in [0.5, 0.6) is 0 Å². The van der Waals surface area contributed by atoms with Crippen molar-refractivity contribution in [1.82, 2.24) is 20.0 Å². The molecular weight excluding hydrogens is 431 g/mol. The van der Waals surface area contributed by atoms with Gasteiger partial charge in [0.05, 0.1) is 23.2 Å². The van der Waals surface area contributed by atoms with E-state index in [1.165, 1.54) is 30.1 Å². The monoisotopic (exact) mass is 446 g/mol. The Kier molecular flexibility index (Phi) is 4.80. The predicted octanol–water partition coefficient (Wildman–Crippen LogP) is 0.0448. The molecular formula is C15H16ClN4O8P. The SMILES string of the molecule is C[C@@]1(O)[C@H](O)[C@@H](COP(=O)(O)O)O[C@H]1n1cc2c(Cl)cc3c(=O)[nH]ncc(n1)c23. The van der Waals surface area contributed by atoms with Crippen LogP contribution in [0.15, 0.2) is 23.3 Å². The molecule has 0 bridgehead atoms. The van der Waals surface area contributed by atoms with Gasteiger partial charge >= 0.3 is 7.82 Å². The fourth-order valence-electron chi connectivity index (χ4n) is 3.41. The minimum atomic E-state index is -4.80. The van der Waals surface area contributed by atoms with Gasteiger partial charge < -0.3 is 24.7 Å². The maximum absolute atomic E-state index is 12.1. The van der Waals surface area contributed by atoms with Gasteiger partial charge in [-0.1, -0.05) is 11.6 Å². The number of hydrogen-bond donors (Lipinski definition) is 5. The molecule has 5 N–H and O–H groups in total. The Labute approximate surface area is 166 Å². The Balaban J connectivity index is 1.80. The van der Waals surface area contributed by atoms with Gasteiger partial charge in [0.15, 0.2) is 6.23 Å². The first kappa shape index (κ1) is 20.4. The Bertz CT molecular complexity index is 1200. The lowest BCUT2D eigenvalue weighted by molar-refractivity contribution is -0.102. The number of hydrogen-bond acceptors (Lipinski definition) is 8. The molecule has 0 radical (unpaired) electrons. The molecule has 3 aromatic rings. The molecule has 1 saturated heterocycles. The van der Waals surface area contributed by atoms with Crippen molar-refractivity contribution in [2.24, 2.45) is 0 Å².